The van der Waals surface area contributed by atoms with Crippen molar-refractivity contribution in [1.29, 1.82) is 0 Å². The molecule has 0 aliphatic carbocycles. The second-order valence-electron chi connectivity index (χ2n) is 8.48. The summed E-state index contributed by atoms with van der Waals surface area (Å²) in [6.07, 6.45) is 0.515. The summed E-state index contributed by atoms with van der Waals surface area (Å²) in [6, 6.07) is 22.8. The number of aliphatic hydroxyl groups excluding tert-OH is 1. The second-order valence-corrected chi connectivity index (χ2v) is 8.48. The molecule has 0 saturated heterocycles. The number of para-hydroxylation sites is 2. The van der Waals surface area contributed by atoms with Gasteiger partial charge in [0, 0.05) is 17.5 Å². The highest BCUT2D eigenvalue weighted by molar-refractivity contribution is 6.16. The highest BCUT2D eigenvalue weighted by Crippen LogP contribution is 2.42. The fourth-order valence-electron chi connectivity index (χ4n) is 4.60. The summed E-state index contributed by atoms with van der Waals surface area (Å²) in [4.78, 5) is 28.5. The largest absolute Gasteiger partial charge is 0.503 e. The Balaban J connectivity index is 1.54. The van der Waals surface area contributed by atoms with E-state index in [1.54, 1.807) is 31.4 Å². The van der Waals surface area contributed by atoms with Crippen LogP contribution in [0.5, 0.6) is 11.5 Å². The number of furan rings is 1. The lowest BCUT2D eigenvalue weighted by Crippen LogP contribution is -2.33. The zero-order valence-electron chi connectivity index (χ0n) is 19.9. The third-order valence-corrected chi connectivity index (χ3v) is 6.43. The first-order valence-electron chi connectivity index (χ1n) is 11.5. The molecule has 7 nitrogen and oxygen atoms in total. The number of nitrogens with zero attached hydrogens (tertiary/aromatic N) is 1. The van der Waals surface area contributed by atoms with Gasteiger partial charge in [-0.25, -0.2) is 0 Å². The first-order valence-corrected chi connectivity index (χ1v) is 11.5. The molecular formula is C29H25NO6. The summed E-state index contributed by atoms with van der Waals surface area (Å²) in [6.45, 7) is 0.273. The fraction of sp³-hybridized carbons (Fsp3) is 0.172. The number of benzene rings is 3. The summed E-state index contributed by atoms with van der Waals surface area (Å²) in [7, 11) is 3.13. The van der Waals surface area contributed by atoms with Crippen LogP contribution < -0.4 is 9.47 Å². The van der Waals surface area contributed by atoms with E-state index in [0.717, 1.165) is 16.7 Å². The van der Waals surface area contributed by atoms with Crippen molar-refractivity contribution in [2.24, 2.45) is 0 Å². The number of aliphatic hydroxyl groups is 1. The molecule has 1 aliphatic rings. The van der Waals surface area contributed by atoms with Crippen LogP contribution in [0, 0.1) is 0 Å². The topological polar surface area (TPSA) is 89.2 Å². The Morgan fingerprint density at radius 1 is 0.972 bits per heavy atom. The zero-order valence-corrected chi connectivity index (χ0v) is 19.9. The molecule has 3 aromatic carbocycles. The minimum atomic E-state index is -0.840. The average molecular weight is 484 g/mol. The molecule has 0 saturated carbocycles. The predicted octanol–water partition coefficient (Wildman–Crippen LogP) is 5.27. The van der Waals surface area contributed by atoms with E-state index >= 15 is 0 Å². The van der Waals surface area contributed by atoms with E-state index in [0.29, 0.717) is 23.3 Å². The lowest BCUT2D eigenvalue weighted by Gasteiger charge is -2.28. The molecule has 4 aromatic rings. The normalized spacial score (nSPS) is 15.6. The number of Topliss-reactive ketones (excluding diaryl/α,β-unsaturated/α-hetero) is 1. The first kappa shape index (κ1) is 23.2. The number of hydrogen-bond donors (Lipinski definition) is 1. The molecule has 2 heterocycles. The fourth-order valence-corrected chi connectivity index (χ4v) is 4.60. The van der Waals surface area contributed by atoms with Gasteiger partial charge in [-0.2, -0.15) is 0 Å². The van der Waals surface area contributed by atoms with Crippen LogP contribution in [-0.2, 0) is 11.2 Å². The SMILES string of the molecule is COc1ccc(CCN2C(=O)C(O)=C(C(=O)c3cc4ccccc4o3)C2c2ccccc2OC)cc1. The van der Waals surface area contributed by atoms with Gasteiger partial charge in [-0.1, -0.05) is 48.5 Å². The van der Waals surface area contributed by atoms with E-state index in [1.165, 1.54) is 12.0 Å². The second kappa shape index (κ2) is 9.62. The number of methoxy groups -OCH3 is 2. The third-order valence-electron chi connectivity index (χ3n) is 6.43. The van der Waals surface area contributed by atoms with E-state index in [4.69, 9.17) is 13.9 Å². The molecule has 1 atom stereocenters. The molecule has 1 amide bonds. The quantitative estimate of drug-likeness (QED) is 0.344. The smallest absolute Gasteiger partial charge is 0.290 e. The van der Waals surface area contributed by atoms with Crippen molar-refractivity contribution in [3.8, 4) is 11.5 Å². The Morgan fingerprint density at radius 2 is 1.69 bits per heavy atom. The molecule has 5 rings (SSSR count). The van der Waals surface area contributed by atoms with Crippen LogP contribution >= 0.6 is 0 Å². The van der Waals surface area contributed by atoms with E-state index in [-0.39, 0.29) is 17.9 Å². The average Bonchev–Trinajstić information content (AvgIpc) is 3.46. The van der Waals surface area contributed by atoms with Gasteiger partial charge in [0.25, 0.3) is 5.91 Å². The summed E-state index contributed by atoms with van der Waals surface area (Å²) in [5.41, 5.74) is 2.11. The number of hydrogen-bond acceptors (Lipinski definition) is 6. The van der Waals surface area contributed by atoms with Crippen LogP contribution in [0.4, 0.5) is 0 Å². The number of amides is 1. The Labute approximate surface area is 208 Å². The number of ketones is 1. The maximum Gasteiger partial charge on any atom is 0.290 e. The molecule has 7 heteroatoms. The molecule has 0 bridgehead atoms. The van der Waals surface area contributed by atoms with Crippen LogP contribution in [0.2, 0.25) is 0 Å². The number of fused-ring (bicyclic) bond motifs is 1. The highest BCUT2D eigenvalue weighted by Gasteiger charge is 2.45. The summed E-state index contributed by atoms with van der Waals surface area (Å²) >= 11 is 0. The first-order chi connectivity index (χ1) is 17.5. The Hall–Kier alpha value is -4.52. The summed E-state index contributed by atoms with van der Waals surface area (Å²) in [5.74, 6) is -0.428. The minimum Gasteiger partial charge on any atom is -0.503 e. The third kappa shape index (κ3) is 4.09. The van der Waals surface area contributed by atoms with Crippen LogP contribution in [0.25, 0.3) is 11.0 Å². The standard InChI is InChI=1S/C29H25NO6/c1-34-20-13-11-18(12-14-20)15-16-30-26(21-8-4-6-10-23(21)35-2)25(28(32)29(30)33)27(31)24-17-19-7-3-5-9-22(19)36-24/h3-14,17,26,32H,15-16H2,1-2H3. The molecule has 1 aliphatic heterocycles. The van der Waals surface area contributed by atoms with Crippen molar-refractivity contribution in [2.75, 3.05) is 20.8 Å². The van der Waals surface area contributed by atoms with Gasteiger partial charge in [0.1, 0.15) is 17.1 Å². The van der Waals surface area contributed by atoms with Crippen LogP contribution in [-0.4, -0.2) is 42.5 Å². The van der Waals surface area contributed by atoms with E-state index in [9.17, 15) is 14.7 Å². The molecule has 182 valence electrons. The van der Waals surface area contributed by atoms with Crippen molar-refractivity contribution in [2.45, 2.75) is 12.5 Å². The molecule has 1 aromatic heterocycles. The number of carbonyl (C=O) groups is 2. The van der Waals surface area contributed by atoms with Crippen LogP contribution in [0.3, 0.4) is 0 Å². The zero-order chi connectivity index (χ0) is 25.2. The monoisotopic (exact) mass is 483 g/mol. The van der Waals surface area contributed by atoms with Gasteiger partial charge in [0.15, 0.2) is 11.5 Å². The predicted molar refractivity (Wildman–Crippen MR) is 134 cm³/mol. The maximum atomic E-state index is 13.7. The van der Waals surface area contributed by atoms with Crippen molar-refractivity contribution < 1.29 is 28.6 Å². The van der Waals surface area contributed by atoms with Gasteiger partial charge in [-0.05, 0) is 42.3 Å². The highest BCUT2D eigenvalue weighted by atomic mass is 16.5. The van der Waals surface area contributed by atoms with Crippen molar-refractivity contribution in [1.82, 2.24) is 4.90 Å². The van der Waals surface area contributed by atoms with Gasteiger partial charge in [0.05, 0.1) is 25.8 Å². The van der Waals surface area contributed by atoms with Gasteiger partial charge in [0.2, 0.25) is 5.78 Å². The molecular weight excluding hydrogens is 458 g/mol. The summed E-state index contributed by atoms with van der Waals surface area (Å²) < 4.78 is 16.6. The van der Waals surface area contributed by atoms with E-state index < -0.39 is 23.5 Å². The lowest BCUT2D eigenvalue weighted by molar-refractivity contribution is -0.129. The molecule has 1 unspecified atom stereocenters. The number of rotatable bonds is 8. The van der Waals surface area contributed by atoms with E-state index in [1.807, 2.05) is 54.6 Å². The van der Waals surface area contributed by atoms with Gasteiger partial charge < -0.3 is 23.9 Å². The molecule has 1 N–H and O–H groups in total. The molecule has 0 fully saturated rings. The van der Waals surface area contributed by atoms with Gasteiger partial charge >= 0.3 is 0 Å². The number of carbonyl (C=O) groups excluding carboxylic acids is 2. The van der Waals surface area contributed by atoms with Gasteiger partial charge in [-0.3, -0.25) is 9.59 Å². The minimum absolute atomic E-state index is 0.0294. The number of ether oxygens (including phenoxy) is 2. The van der Waals surface area contributed by atoms with Gasteiger partial charge in [-0.15, -0.1) is 0 Å². The van der Waals surface area contributed by atoms with Crippen LogP contribution in [0.15, 0.2) is 94.6 Å². The van der Waals surface area contributed by atoms with Crippen LogP contribution in [0.1, 0.15) is 27.7 Å². The molecule has 0 radical (unpaired) electrons. The Kier molecular flexibility index (Phi) is 6.21. The molecule has 36 heavy (non-hydrogen) atoms. The summed E-state index contributed by atoms with van der Waals surface area (Å²) in [5, 5.41) is 11.7. The Morgan fingerprint density at radius 3 is 2.42 bits per heavy atom. The van der Waals surface area contributed by atoms with E-state index in [2.05, 4.69) is 0 Å². The lowest BCUT2D eigenvalue weighted by atomic mass is 9.94. The van der Waals surface area contributed by atoms with Crippen molar-refractivity contribution >= 4 is 22.7 Å². The van der Waals surface area contributed by atoms with Crippen molar-refractivity contribution in [3.63, 3.8) is 0 Å². The maximum absolute atomic E-state index is 13.7. The Bertz CT molecular complexity index is 1430. The molecule has 0 spiro atoms. The van der Waals surface area contributed by atoms with Crippen molar-refractivity contribution in [3.05, 3.63) is 107 Å².